The molecule has 0 aromatic rings. The molecule has 0 fully saturated rings. The van der Waals surface area contributed by atoms with Gasteiger partial charge in [-0.25, -0.2) is 0 Å². The Hall–Kier alpha value is 0.180. The first-order valence-electron chi connectivity index (χ1n) is 6.63. The molecule has 0 aliphatic heterocycles. The lowest BCUT2D eigenvalue weighted by atomic mass is 9.85. The number of hydrogen-bond donors (Lipinski definition) is 0. The van der Waals surface area contributed by atoms with Crippen LogP contribution in [0.4, 0.5) is 0 Å². The standard InChI is InChI=1S/C16H26Br2/c1-12(2)7-6-8-14(5)15(11-16(17)18)10-9-13(3)4/h7,11,14-15H,3,6,8-10H2,1-2,4-5H3/t14-,15+/m0/s1. The Labute approximate surface area is 130 Å². The first-order chi connectivity index (χ1) is 8.32. The molecule has 0 radical (unpaired) electrons. The largest absolute Gasteiger partial charge is 0.100 e. The highest BCUT2D eigenvalue weighted by Gasteiger charge is 2.14. The fourth-order valence-electron chi connectivity index (χ4n) is 1.96. The predicted octanol–water partition coefficient (Wildman–Crippen LogP) is 6.97. The summed E-state index contributed by atoms with van der Waals surface area (Å²) in [5.74, 6) is 1.31. The molecule has 18 heavy (non-hydrogen) atoms. The van der Waals surface area contributed by atoms with Crippen molar-refractivity contribution in [3.8, 4) is 0 Å². The lowest BCUT2D eigenvalue weighted by molar-refractivity contribution is 0.382. The van der Waals surface area contributed by atoms with E-state index in [0.29, 0.717) is 11.8 Å². The molecule has 104 valence electrons. The molecule has 0 heterocycles. The molecule has 0 nitrogen and oxygen atoms in total. The van der Waals surface area contributed by atoms with Crippen molar-refractivity contribution < 1.29 is 0 Å². The van der Waals surface area contributed by atoms with Gasteiger partial charge in [-0.3, -0.25) is 0 Å². The third kappa shape index (κ3) is 10.1. The first-order valence-corrected chi connectivity index (χ1v) is 8.22. The van der Waals surface area contributed by atoms with E-state index in [1.54, 1.807) is 0 Å². The van der Waals surface area contributed by atoms with Gasteiger partial charge in [0.15, 0.2) is 0 Å². The lowest BCUT2D eigenvalue weighted by Crippen LogP contribution is -2.09. The number of hydrogen-bond acceptors (Lipinski definition) is 0. The van der Waals surface area contributed by atoms with E-state index < -0.39 is 0 Å². The minimum Gasteiger partial charge on any atom is -0.100 e. The van der Waals surface area contributed by atoms with Gasteiger partial charge in [-0.2, -0.15) is 0 Å². The van der Waals surface area contributed by atoms with Crippen molar-refractivity contribution in [1.82, 2.24) is 0 Å². The zero-order chi connectivity index (χ0) is 14.1. The second-order valence-electron chi connectivity index (χ2n) is 5.45. The van der Waals surface area contributed by atoms with E-state index in [9.17, 15) is 0 Å². The molecule has 0 rings (SSSR count). The van der Waals surface area contributed by atoms with Crippen molar-refractivity contribution in [1.29, 1.82) is 0 Å². The van der Waals surface area contributed by atoms with Crippen LogP contribution >= 0.6 is 31.9 Å². The van der Waals surface area contributed by atoms with Crippen LogP contribution in [0.25, 0.3) is 0 Å². The lowest BCUT2D eigenvalue weighted by Gasteiger charge is -2.21. The van der Waals surface area contributed by atoms with Gasteiger partial charge in [0.1, 0.15) is 0 Å². The molecule has 0 bridgehead atoms. The normalized spacial score (nSPS) is 13.7. The van der Waals surface area contributed by atoms with E-state index >= 15 is 0 Å². The second kappa shape index (κ2) is 10.0. The van der Waals surface area contributed by atoms with Gasteiger partial charge in [-0.05, 0) is 90.2 Å². The Bertz CT molecular complexity index is 305. The van der Waals surface area contributed by atoms with E-state index in [0.717, 1.165) is 9.81 Å². The molecule has 0 saturated carbocycles. The van der Waals surface area contributed by atoms with Crippen molar-refractivity contribution >= 4 is 31.9 Å². The van der Waals surface area contributed by atoms with E-state index in [4.69, 9.17) is 0 Å². The smallest absolute Gasteiger partial charge is 0.0567 e. The minimum absolute atomic E-state index is 0.612. The Morgan fingerprint density at radius 1 is 1.17 bits per heavy atom. The van der Waals surface area contributed by atoms with Gasteiger partial charge >= 0.3 is 0 Å². The van der Waals surface area contributed by atoms with Gasteiger partial charge in [0.25, 0.3) is 0 Å². The third-order valence-electron chi connectivity index (χ3n) is 3.15. The molecule has 0 aromatic carbocycles. The van der Waals surface area contributed by atoms with Crippen LogP contribution in [0.3, 0.4) is 0 Å². The van der Waals surface area contributed by atoms with Gasteiger partial charge < -0.3 is 0 Å². The van der Waals surface area contributed by atoms with Crippen molar-refractivity contribution in [3.63, 3.8) is 0 Å². The van der Waals surface area contributed by atoms with Crippen molar-refractivity contribution in [2.75, 3.05) is 0 Å². The fraction of sp³-hybridized carbons (Fsp3) is 0.625. The third-order valence-corrected chi connectivity index (χ3v) is 3.68. The average molecular weight is 378 g/mol. The van der Waals surface area contributed by atoms with Crippen LogP contribution in [0.2, 0.25) is 0 Å². The summed E-state index contributed by atoms with van der Waals surface area (Å²) in [6.07, 6.45) is 9.35. The molecule has 0 unspecified atom stereocenters. The van der Waals surface area contributed by atoms with Crippen LogP contribution in [-0.4, -0.2) is 0 Å². The van der Waals surface area contributed by atoms with Gasteiger partial charge in [-0.1, -0.05) is 30.2 Å². The Morgan fingerprint density at radius 3 is 2.22 bits per heavy atom. The molecule has 0 aliphatic carbocycles. The molecule has 2 atom stereocenters. The van der Waals surface area contributed by atoms with Crippen LogP contribution in [0.15, 0.2) is 33.3 Å². The summed E-state index contributed by atoms with van der Waals surface area (Å²) in [6, 6.07) is 0. The number of allylic oxidation sites excluding steroid dienone is 4. The Kier molecular flexibility index (Phi) is 10.1. The molecule has 0 aromatic heterocycles. The SMILES string of the molecule is C=C(C)CC[C@H](C=C(Br)Br)[C@@H](C)CCC=C(C)C. The minimum atomic E-state index is 0.612. The second-order valence-corrected chi connectivity index (χ2v) is 8.22. The van der Waals surface area contributed by atoms with E-state index in [-0.39, 0.29) is 0 Å². The Morgan fingerprint density at radius 2 is 1.78 bits per heavy atom. The van der Waals surface area contributed by atoms with Gasteiger partial charge in [0.05, 0.1) is 3.39 Å². The van der Waals surface area contributed by atoms with Crippen LogP contribution in [0.1, 0.15) is 53.4 Å². The highest BCUT2D eigenvalue weighted by atomic mass is 79.9. The van der Waals surface area contributed by atoms with Crippen LogP contribution in [-0.2, 0) is 0 Å². The molecular formula is C16H26Br2. The maximum atomic E-state index is 4.00. The van der Waals surface area contributed by atoms with Crippen molar-refractivity contribution in [3.05, 3.63) is 33.3 Å². The summed E-state index contributed by atoms with van der Waals surface area (Å²) in [6.45, 7) is 12.8. The van der Waals surface area contributed by atoms with Crippen LogP contribution in [0, 0.1) is 11.8 Å². The topological polar surface area (TPSA) is 0 Å². The highest BCUT2D eigenvalue weighted by Crippen LogP contribution is 2.29. The highest BCUT2D eigenvalue weighted by molar-refractivity contribution is 9.28. The van der Waals surface area contributed by atoms with Gasteiger partial charge in [0, 0.05) is 0 Å². The van der Waals surface area contributed by atoms with Crippen molar-refractivity contribution in [2.45, 2.75) is 53.4 Å². The van der Waals surface area contributed by atoms with Gasteiger partial charge in [-0.15, -0.1) is 6.58 Å². The molecule has 0 saturated heterocycles. The molecule has 0 amide bonds. The van der Waals surface area contributed by atoms with Crippen molar-refractivity contribution in [2.24, 2.45) is 11.8 Å². The maximum Gasteiger partial charge on any atom is 0.0567 e. The quantitative estimate of drug-likeness (QED) is 0.400. The predicted molar refractivity (Wildman–Crippen MR) is 91.3 cm³/mol. The number of rotatable bonds is 8. The van der Waals surface area contributed by atoms with E-state index in [1.807, 2.05) is 0 Å². The fourth-order valence-corrected chi connectivity index (χ4v) is 2.64. The summed E-state index contributed by atoms with van der Waals surface area (Å²) >= 11 is 6.97. The molecular weight excluding hydrogens is 352 g/mol. The Balaban J connectivity index is 4.40. The molecule has 2 heteroatoms. The maximum absolute atomic E-state index is 4.00. The molecule has 0 aliphatic rings. The average Bonchev–Trinajstić information content (AvgIpc) is 2.22. The monoisotopic (exact) mass is 376 g/mol. The zero-order valence-corrected chi connectivity index (χ0v) is 15.3. The van der Waals surface area contributed by atoms with Crippen LogP contribution in [0.5, 0.6) is 0 Å². The zero-order valence-electron chi connectivity index (χ0n) is 12.1. The summed E-state index contributed by atoms with van der Waals surface area (Å²) in [5, 5.41) is 0. The van der Waals surface area contributed by atoms with Gasteiger partial charge in [0.2, 0.25) is 0 Å². The first kappa shape index (κ1) is 18.2. The summed E-state index contributed by atoms with van der Waals surface area (Å²) in [5.41, 5.74) is 2.69. The van der Waals surface area contributed by atoms with E-state index in [1.165, 1.54) is 30.4 Å². The molecule has 0 spiro atoms. The summed E-state index contributed by atoms with van der Waals surface area (Å²) in [7, 11) is 0. The van der Waals surface area contributed by atoms with E-state index in [2.05, 4.69) is 78.3 Å². The summed E-state index contributed by atoms with van der Waals surface area (Å²) in [4.78, 5) is 0. The number of halogens is 2. The van der Waals surface area contributed by atoms with Crippen LogP contribution < -0.4 is 0 Å². The molecule has 0 N–H and O–H groups in total. The summed E-state index contributed by atoms with van der Waals surface area (Å²) < 4.78 is 1.07.